The average Bonchev–Trinajstić information content (AvgIpc) is 2.39. The van der Waals surface area contributed by atoms with E-state index in [9.17, 15) is 4.79 Å². The van der Waals surface area contributed by atoms with Crippen LogP contribution in [0, 0.1) is 6.92 Å². The molecule has 1 aromatic rings. The molecule has 0 atom stereocenters. The molecule has 3 nitrogen and oxygen atoms in total. The molecular weight excluding hydrogens is 184 g/mol. The molecule has 0 radical (unpaired) electrons. The van der Waals surface area contributed by atoms with Gasteiger partial charge in [0.25, 0.3) is 5.91 Å². The zero-order chi connectivity index (χ0) is 8.72. The van der Waals surface area contributed by atoms with Gasteiger partial charge in [-0.15, -0.1) is 11.3 Å². The molecule has 1 aliphatic heterocycles. The molecule has 1 aliphatic rings. The minimum absolute atomic E-state index is 0. The highest BCUT2D eigenvalue weighted by atomic mass is 32.1. The van der Waals surface area contributed by atoms with E-state index in [1.54, 1.807) is 4.90 Å². The number of amides is 1. The van der Waals surface area contributed by atoms with Gasteiger partial charge < -0.3 is 4.90 Å². The molecule has 0 bridgehead atoms. The fourth-order valence-electron chi connectivity index (χ4n) is 1.36. The highest BCUT2D eigenvalue weighted by Crippen LogP contribution is 2.23. The molecular formula is C9H16N2OS. The summed E-state index contributed by atoms with van der Waals surface area (Å²) in [6.45, 7) is 2.74. The average molecular weight is 201 g/mol. The first-order chi connectivity index (χ1) is 5.68. The van der Waals surface area contributed by atoms with Crippen LogP contribution in [-0.2, 0) is 6.42 Å². The molecule has 0 aliphatic carbocycles. The Morgan fingerprint density at radius 1 is 1.62 bits per heavy atom. The van der Waals surface area contributed by atoms with E-state index in [-0.39, 0.29) is 14.8 Å². The SMILES string of the molecule is C.Cc1nc2c(s1)C(=O)N(C)CC2.[2HH]. The van der Waals surface area contributed by atoms with Crippen LogP contribution in [0.2, 0.25) is 0 Å². The predicted octanol–water partition coefficient (Wildman–Crippen LogP) is 1.96. The number of nitrogens with zero attached hydrogens (tertiary/aromatic N) is 2. The number of hydrogen-bond acceptors (Lipinski definition) is 3. The lowest BCUT2D eigenvalue weighted by molar-refractivity contribution is 0.0785. The summed E-state index contributed by atoms with van der Waals surface area (Å²) < 4.78 is 0. The number of fused-ring (bicyclic) bond motifs is 1. The normalized spacial score (nSPS) is 15.2. The number of aromatic nitrogens is 1. The van der Waals surface area contributed by atoms with Crippen LogP contribution in [0.3, 0.4) is 0 Å². The van der Waals surface area contributed by atoms with Gasteiger partial charge in [0.15, 0.2) is 0 Å². The highest BCUT2D eigenvalue weighted by molar-refractivity contribution is 7.13. The van der Waals surface area contributed by atoms with Crippen molar-refractivity contribution in [3.8, 4) is 0 Å². The number of carbonyl (C=O) groups is 1. The Kier molecular flexibility index (Phi) is 2.71. The zero-order valence-corrected chi connectivity index (χ0v) is 7.94. The lowest BCUT2D eigenvalue weighted by Crippen LogP contribution is -2.33. The number of likely N-dealkylation sites (N-methyl/N-ethyl adjacent to an activating group) is 1. The van der Waals surface area contributed by atoms with E-state index in [2.05, 4.69) is 4.98 Å². The van der Waals surface area contributed by atoms with Crippen molar-refractivity contribution in [2.45, 2.75) is 20.8 Å². The smallest absolute Gasteiger partial charge is 0.265 e. The summed E-state index contributed by atoms with van der Waals surface area (Å²) in [6.07, 6.45) is 0.905. The third kappa shape index (κ3) is 1.58. The van der Waals surface area contributed by atoms with E-state index in [1.807, 2.05) is 14.0 Å². The van der Waals surface area contributed by atoms with Crippen LogP contribution in [-0.4, -0.2) is 29.4 Å². The molecule has 0 N–H and O–H groups in total. The maximum absolute atomic E-state index is 11.5. The Balaban J connectivity index is 0.000000845. The van der Waals surface area contributed by atoms with E-state index in [0.717, 1.165) is 28.5 Å². The number of thiazole rings is 1. The molecule has 2 rings (SSSR count). The van der Waals surface area contributed by atoms with Crippen LogP contribution in [0.1, 0.15) is 29.2 Å². The lowest BCUT2D eigenvalue weighted by atomic mass is 10.2. The molecule has 0 unspecified atom stereocenters. The Bertz CT molecular complexity index is 338. The molecule has 13 heavy (non-hydrogen) atoms. The largest absolute Gasteiger partial charge is 0.341 e. The maximum Gasteiger partial charge on any atom is 0.265 e. The van der Waals surface area contributed by atoms with Crippen molar-refractivity contribution in [3.05, 3.63) is 15.6 Å². The van der Waals surface area contributed by atoms with Crippen LogP contribution in [0.15, 0.2) is 0 Å². The topological polar surface area (TPSA) is 33.2 Å². The van der Waals surface area contributed by atoms with Gasteiger partial charge in [0.2, 0.25) is 0 Å². The van der Waals surface area contributed by atoms with E-state index in [4.69, 9.17) is 0 Å². The van der Waals surface area contributed by atoms with Gasteiger partial charge in [0.05, 0.1) is 10.7 Å². The predicted molar refractivity (Wildman–Crippen MR) is 56.4 cm³/mol. The van der Waals surface area contributed by atoms with Gasteiger partial charge in [-0.05, 0) is 6.92 Å². The molecule has 0 fully saturated rings. The number of hydrogen-bond donors (Lipinski definition) is 0. The van der Waals surface area contributed by atoms with Gasteiger partial charge in [-0.1, -0.05) is 7.43 Å². The van der Waals surface area contributed by atoms with Gasteiger partial charge >= 0.3 is 0 Å². The maximum atomic E-state index is 11.5. The summed E-state index contributed by atoms with van der Waals surface area (Å²) >= 11 is 1.50. The van der Waals surface area contributed by atoms with Crippen LogP contribution in [0.25, 0.3) is 0 Å². The minimum atomic E-state index is 0. The third-order valence-corrected chi connectivity index (χ3v) is 3.03. The van der Waals surface area contributed by atoms with Gasteiger partial charge in [-0.25, -0.2) is 4.98 Å². The third-order valence-electron chi connectivity index (χ3n) is 2.03. The highest BCUT2D eigenvalue weighted by Gasteiger charge is 2.24. The van der Waals surface area contributed by atoms with Crippen molar-refractivity contribution in [1.29, 1.82) is 0 Å². The summed E-state index contributed by atoms with van der Waals surface area (Å²) in [4.78, 5) is 18.4. The van der Waals surface area contributed by atoms with Gasteiger partial charge in [-0.3, -0.25) is 4.79 Å². The monoisotopic (exact) mass is 201 g/mol. The molecule has 0 saturated carbocycles. The molecule has 0 aromatic carbocycles. The molecule has 1 amide bonds. The fourth-order valence-corrected chi connectivity index (χ4v) is 2.32. The van der Waals surface area contributed by atoms with E-state index in [0.29, 0.717) is 0 Å². The van der Waals surface area contributed by atoms with E-state index >= 15 is 0 Å². The molecule has 4 heteroatoms. The fraction of sp³-hybridized carbons (Fsp3) is 0.556. The van der Waals surface area contributed by atoms with Gasteiger partial charge in [-0.2, -0.15) is 0 Å². The van der Waals surface area contributed by atoms with Crippen LogP contribution >= 0.6 is 11.3 Å². The first-order valence-corrected chi connectivity index (χ1v) is 4.72. The summed E-state index contributed by atoms with van der Waals surface area (Å²) in [5, 5.41) is 0.989. The summed E-state index contributed by atoms with van der Waals surface area (Å²) in [5.74, 6) is 0.127. The van der Waals surface area contributed by atoms with Crippen LogP contribution in [0.5, 0.6) is 0 Å². The summed E-state index contributed by atoms with van der Waals surface area (Å²) in [7, 11) is 1.83. The Morgan fingerprint density at radius 3 is 3.00 bits per heavy atom. The molecule has 2 heterocycles. The van der Waals surface area contributed by atoms with Crippen molar-refractivity contribution in [2.75, 3.05) is 13.6 Å². The second-order valence-corrected chi connectivity index (χ2v) is 4.19. The quantitative estimate of drug-likeness (QED) is 0.643. The van der Waals surface area contributed by atoms with Crippen LogP contribution < -0.4 is 0 Å². The Hall–Kier alpha value is -0.900. The Labute approximate surface area is 83.9 Å². The van der Waals surface area contributed by atoms with E-state index < -0.39 is 0 Å². The number of aryl methyl sites for hydroxylation is 1. The van der Waals surface area contributed by atoms with Crippen molar-refractivity contribution in [2.24, 2.45) is 0 Å². The lowest BCUT2D eigenvalue weighted by Gasteiger charge is -2.20. The standard InChI is InChI=1S/C8H10N2OS.CH4.H2/c1-5-9-6-3-4-10(2)8(11)7(6)12-5;;/h3-4H2,1-2H3;1H4;1H/i;;1+1. The zero-order valence-electron chi connectivity index (χ0n) is 7.13. The van der Waals surface area contributed by atoms with Gasteiger partial charge in [0.1, 0.15) is 4.88 Å². The molecule has 74 valence electrons. The second-order valence-electron chi connectivity index (χ2n) is 2.99. The van der Waals surface area contributed by atoms with Crippen molar-refractivity contribution in [1.82, 2.24) is 9.88 Å². The number of carbonyl (C=O) groups excluding carboxylic acids is 1. The minimum Gasteiger partial charge on any atom is -0.341 e. The Morgan fingerprint density at radius 2 is 2.31 bits per heavy atom. The van der Waals surface area contributed by atoms with Crippen LogP contribution in [0.4, 0.5) is 0 Å². The number of rotatable bonds is 0. The van der Waals surface area contributed by atoms with Crippen molar-refractivity contribution >= 4 is 17.2 Å². The summed E-state index contributed by atoms with van der Waals surface area (Å²) in [6, 6.07) is 0. The van der Waals surface area contributed by atoms with Crippen molar-refractivity contribution < 1.29 is 6.22 Å². The first-order valence-electron chi connectivity index (χ1n) is 3.90. The van der Waals surface area contributed by atoms with E-state index in [1.165, 1.54) is 11.3 Å². The first kappa shape index (κ1) is 10.2. The second kappa shape index (κ2) is 3.46. The summed E-state index contributed by atoms with van der Waals surface area (Å²) in [5.41, 5.74) is 0.987. The van der Waals surface area contributed by atoms with Gasteiger partial charge in [0, 0.05) is 21.4 Å². The molecule has 0 spiro atoms. The molecule has 1 aromatic heterocycles. The molecule has 0 saturated heterocycles. The van der Waals surface area contributed by atoms with Crippen molar-refractivity contribution in [3.63, 3.8) is 0 Å².